The van der Waals surface area contributed by atoms with Crippen molar-refractivity contribution >= 4 is 10.9 Å². The number of nitrogens with zero attached hydrogens (tertiary/aromatic N) is 5. The van der Waals surface area contributed by atoms with E-state index in [1.54, 1.807) is 7.11 Å². The number of benzene rings is 2. The Balaban J connectivity index is 1.58. The van der Waals surface area contributed by atoms with Crippen molar-refractivity contribution in [2.45, 2.75) is 45.3 Å². The van der Waals surface area contributed by atoms with Gasteiger partial charge in [0.15, 0.2) is 5.82 Å². The molecular weight excluding hydrogens is 388 g/mol. The number of para-hydroxylation sites is 1. The first-order valence-electron chi connectivity index (χ1n) is 10.7. The molecule has 4 aromatic rings. The molecule has 2 aromatic heterocycles. The number of hydrogen-bond acceptors (Lipinski definition) is 5. The summed E-state index contributed by atoms with van der Waals surface area (Å²) >= 11 is 0. The zero-order valence-electron chi connectivity index (χ0n) is 18.5. The first-order valence-corrected chi connectivity index (χ1v) is 10.7. The topological polar surface area (TPSA) is 71.9 Å². The van der Waals surface area contributed by atoms with E-state index >= 15 is 0 Å². The van der Waals surface area contributed by atoms with Crippen molar-refractivity contribution in [2.24, 2.45) is 0 Å². The molecule has 7 nitrogen and oxygen atoms in total. The van der Waals surface area contributed by atoms with Crippen molar-refractivity contribution in [1.29, 1.82) is 0 Å². The molecule has 1 aliphatic heterocycles. The van der Waals surface area contributed by atoms with Gasteiger partial charge in [-0.25, -0.2) is 4.68 Å². The highest BCUT2D eigenvalue weighted by Crippen LogP contribution is 2.36. The largest absolute Gasteiger partial charge is 0.497 e. The minimum Gasteiger partial charge on any atom is -0.497 e. The van der Waals surface area contributed by atoms with Crippen LogP contribution in [0.3, 0.4) is 0 Å². The number of fused-ring (bicyclic) bond motifs is 3. The molecular formula is C24H28N6O. The second-order valence-electron chi connectivity index (χ2n) is 9.14. The van der Waals surface area contributed by atoms with Crippen LogP contribution >= 0.6 is 0 Å². The quantitative estimate of drug-likeness (QED) is 0.543. The molecule has 1 atom stereocenters. The van der Waals surface area contributed by atoms with Gasteiger partial charge in [-0.1, -0.05) is 30.3 Å². The number of rotatable bonds is 4. The van der Waals surface area contributed by atoms with Crippen molar-refractivity contribution in [3.63, 3.8) is 0 Å². The minimum atomic E-state index is -0.217. The number of aromatic nitrogens is 5. The van der Waals surface area contributed by atoms with Crippen LogP contribution in [0.15, 0.2) is 48.5 Å². The number of methoxy groups -OCH3 is 1. The van der Waals surface area contributed by atoms with Crippen LogP contribution < -0.4 is 4.74 Å². The second-order valence-corrected chi connectivity index (χ2v) is 9.14. The molecule has 0 radical (unpaired) electrons. The second kappa shape index (κ2) is 7.50. The summed E-state index contributed by atoms with van der Waals surface area (Å²) in [6, 6.07) is 16.7. The molecule has 160 valence electrons. The maximum absolute atomic E-state index is 5.38. The SMILES string of the molecule is COc1ccc(C(c2nnnn2C(C)(C)C)N2CCc3c([nH]c4ccccc34)C2)cc1. The molecule has 0 amide bonds. The van der Waals surface area contributed by atoms with Gasteiger partial charge in [0.1, 0.15) is 5.75 Å². The Labute approximate surface area is 182 Å². The van der Waals surface area contributed by atoms with Gasteiger partial charge < -0.3 is 9.72 Å². The fourth-order valence-electron chi connectivity index (χ4n) is 4.59. The molecule has 1 unspecified atom stereocenters. The summed E-state index contributed by atoms with van der Waals surface area (Å²) in [6.45, 7) is 8.14. The third-order valence-electron chi connectivity index (χ3n) is 6.08. The number of aromatic amines is 1. The van der Waals surface area contributed by atoms with Gasteiger partial charge in [-0.05, 0) is 66.9 Å². The third-order valence-corrected chi connectivity index (χ3v) is 6.08. The van der Waals surface area contributed by atoms with E-state index in [2.05, 4.69) is 82.6 Å². The number of H-pyrrole nitrogens is 1. The highest BCUT2D eigenvalue weighted by molar-refractivity contribution is 5.84. The molecule has 0 spiro atoms. The molecule has 0 aliphatic carbocycles. The Morgan fingerprint density at radius 3 is 2.58 bits per heavy atom. The lowest BCUT2D eigenvalue weighted by atomic mass is 9.97. The van der Waals surface area contributed by atoms with Crippen molar-refractivity contribution < 1.29 is 4.74 Å². The van der Waals surface area contributed by atoms with E-state index in [1.165, 1.54) is 22.2 Å². The summed E-state index contributed by atoms with van der Waals surface area (Å²) in [4.78, 5) is 6.11. The van der Waals surface area contributed by atoms with Gasteiger partial charge in [0, 0.05) is 29.7 Å². The van der Waals surface area contributed by atoms with Gasteiger partial charge in [0.25, 0.3) is 0 Å². The van der Waals surface area contributed by atoms with E-state index in [0.29, 0.717) is 0 Å². The average molecular weight is 417 g/mol. The molecule has 0 bridgehead atoms. The Hall–Kier alpha value is -3.19. The van der Waals surface area contributed by atoms with Crippen LogP contribution in [-0.4, -0.2) is 43.7 Å². The molecule has 1 N–H and O–H groups in total. The first-order chi connectivity index (χ1) is 15.0. The smallest absolute Gasteiger partial charge is 0.173 e. The van der Waals surface area contributed by atoms with E-state index in [1.807, 2.05) is 16.8 Å². The molecule has 0 fully saturated rings. The van der Waals surface area contributed by atoms with Gasteiger partial charge in [0.05, 0.1) is 18.7 Å². The van der Waals surface area contributed by atoms with Gasteiger partial charge in [-0.15, -0.1) is 5.10 Å². The Morgan fingerprint density at radius 2 is 1.84 bits per heavy atom. The molecule has 0 saturated carbocycles. The molecule has 5 rings (SSSR count). The lowest BCUT2D eigenvalue weighted by Crippen LogP contribution is -2.38. The predicted octanol–water partition coefficient (Wildman–Crippen LogP) is 4.07. The summed E-state index contributed by atoms with van der Waals surface area (Å²) in [6.07, 6.45) is 0.989. The highest BCUT2D eigenvalue weighted by atomic mass is 16.5. The first kappa shape index (κ1) is 19.8. The van der Waals surface area contributed by atoms with Crippen LogP contribution in [0.5, 0.6) is 5.75 Å². The summed E-state index contributed by atoms with van der Waals surface area (Å²) < 4.78 is 7.33. The predicted molar refractivity (Wildman–Crippen MR) is 120 cm³/mol. The van der Waals surface area contributed by atoms with E-state index < -0.39 is 0 Å². The van der Waals surface area contributed by atoms with Crippen LogP contribution in [-0.2, 0) is 18.5 Å². The standard InChI is InChI=1S/C24H28N6O/c1-24(2,3)30-23(26-27-28-30)22(16-9-11-17(31-4)12-10-16)29-14-13-19-18-7-5-6-8-20(18)25-21(19)15-29/h5-12,22,25H,13-15H2,1-4H3. The van der Waals surface area contributed by atoms with Crippen molar-refractivity contribution in [3.8, 4) is 5.75 Å². The number of ether oxygens (including phenoxy) is 1. The lowest BCUT2D eigenvalue weighted by molar-refractivity contribution is 0.184. The number of nitrogens with one attached hydrogen (secondary N) is 1. The fourth-order valence-corrected chi connectivity index (χ4v) is 4.59. The van der Waals surface area contributed by atoms with E-state index in [-0.39, 0.29) is 11.6 Å². The Morgan fingerprint density at radius 1 is 1.06 bits per heavy atom. The monoisotopic (exact) mass is 416 g/mol. The van der Waals surface area contributed by atoms with Crippen LogP contribution in [0.4, 0.5) is 0 Å². The summed E-state index contributed by atoms with van der Waals surface area (Å²) in [5, 5.41) is 14.2. The van der Waals surface area contributed by atoms with Crippen molar-refractivity contribution in [1.82, 2.24) is 30.1 Å². The minimum absolute atomic E-state index is 0.0558. The zero-order chi connectivity index (χ0) is 21.6. The van der Waals surface area contributed by atoms with Gasteiger partial charge in [-0.2, -0.15) is 0 Å². The maximum Gasteiger partial charge on any atom is 0.173 e. The van der Waals surface area contributed by atoms with Crippen molar-refractivity contribution in [2.75, 3.05) is 13.7 Å². The van der Waals surface area contributed by atoms with E-state index in [4.69, 9.17) is 4.74 Å². The highest BCUT2D eigenvalue weighted by Gasteiger charge is 2.34. The van der Waals surface area contributed by atoms with Gasteiger partial charge in [0.2, 0.25) is 0 Å². The Kier molecular flexibility index (Phi) is 4.78. The van der Waals surface area contributed by atoms with Crippen LogP contribution in [0.2, 0.25) is 0 Å². The molecule has 2 aromatic carbocycles. The van der Waals surface area contributed by atoms with E-state index in [0.717, 1.165) is 36.6 Å². The van der Waals surface area contributed by atoms with Crippen molar-refractivity contribution in [3.05, 3.63) is 71.2 Å². The van der Waals surface area contributed by atoms with E-state index in [9.17, 15) is 0 Å². The number of tetrazole rings is 1. The molecule has 1 aliphatic rings. The van der Waals surface area contributed by atoms with Crippen LogP contribution in [0.1, 0.15) is 49.5 Å². The normalized spacial score (nSPS) is 15.7. The third kappa shape index (κ3) is 3.49. The zero-order valence-corrected chi connectivity index (χ0v) is 18.5. The fraction of sp³-hybridized carbons (Fsp3) is 0.375. The molecule has 7 heteroatoms. The van der Waals surface area contributed by atoms with Crippen LogP contribution in [0.25, 0.3) is 10.9 Å². The number of hydrogen-bond donors (Lipinski definition) is 1. The summed E-state index contributed by atoms with van der Waals surface area (Å²) in [5.41, 5.74) is 4.85. The van der Waals surface area contributed by atoms with Gasteiger partial charge in [-0.3, -0.25) is 4.90 Å². The maximum atomic E-state index is 5.38. The average Bonchev–Trinajstić information content (AvgIpc) is 3.39. The lowest BCUT2D eigenvalue weighted by Gasteiger charge is -2.35. The van der Waals surface area contributed by atoms with Gasteiger partial charge >= 0.3 is 0 Å². The summed E-state index contributed by atoms with van der Waals surface area (Å²) in [7, 11) is 1.69. The molecule has 3 heterocycles. The summed E-state index contributed by atoms with van der Waals surface area (Å²) in [5.74, 6) is 1.70. The molecule has 0 saturated heterocycles. The Bertz CT molecular complexity index is 1200. The van der Waals surface area contributed by atoms with Crippen LogP contribution in [0, 0.1) is 0 Å². The molecule has 31 heavy (non-hydrogen) atoms.